The molecule has 1 aliphatic carbocycles. The average Bonchev–Trinajstić information content (AvgIpc) is 3.65. The van der Waals surface area contributed by atoms with Crippen molar-refractivity contribution in [2.24, 2.45) is 11.3 Å². The SMILES string of the molecule is C=CCNC(=O)c1ccc(-c2ccc3c(c2)COC(C2CCN(C(=O)O)C(C)(C4(C)CC4)C2)O3)cc1. The van der Waals surface area contributed by atoms with Crippen molar-refractivity contribution in [2.75, 3.05) is 13.1 Å². The molecule has 5 rings (SSSR count). The molecule has 1 saturated heterocycles. The number of amides is 2. The number of rotatable bonds is 6. The Hall–Kier alpha value is -3.32. The van der Waals surface area contributed by atoms with Crippen molar-refractivity contribution < 1.29 is 24.2 Å². The molecule has 7 heteroatoms. The van der Waals surface area contributed by atoms with Crippen molar-refractivity contribution in [1.29, 1.82) is 0 Å². The molecule has 190 valence electrons. The number of hydrogen-bond acceptors (Lipinski definition) is 4. The molecule has 2 aromatic rings. The van der Waals surface area contributed by atoms with Crippen LogP contribution in [0.5, 0.6) is 5.75 Å². The molecule has 3 aliphatic rings. The Morgan fingerprint density at radius 1 is 1.17 bits per heavy atom. The van der Waals surface area contributed by atoms with Crippen molar-refractivity contribution in [3.05, 3.63) is 66.2 Å². The van der Waals surface area contributed by atoms with Gasteiger partial charge in [-0.1, -0.05) is 31.2 Å². The van der Waals surface area contributed by atoms with Crippen LogP contribution in [-0.4, -0.2) is 46.9 Å². The van der Waals surface area contributed by atoms with E-state index in [4.69, 9.17) is 9.47 Å². The number of benzene rings is 2. The molecule has 0 spiro atoms. The van der Waals surface area contributed by atoms with Gasteiger partial charge in [-0.05, 0) is 73.4 Å². The van der Waals surface area contributed by atoms with Gasteiger partial charge in [0, 0.05) is 35.7 Å². The molecule has 2 aliphatic heterocycles. The molecule has 1 saturated carbocycles. The highest BCUT2D eigenvalue weighted by Crippen LogP contribution is 2.60. The van der Waals surface area contributed by atoms with Gasteiger partial charge in [0.25, 0.3) is 5.91 Å². The number of fused-ring (bicyclic) bond motifs is 1. The van der Waals surface area contributed by atoms with E-state index in [0.29, 0.717) is 25.3 Å². The lowest BCUT2D eigenvalue weighted by Crippen LogP contribution is -2.60. The predicted molar refractivity (Wildman–Crippen MR) is 137 cm³/mol. The van der Waals surface area contributed by atoms with Crippen LogP contribution in [0.1, 0.15) is 55.5 Å². The summed E-state index contributed by atoms with van der Waals surface area (Å²) in [5.74, 6) is 0.826. The number of nitrogens with one attached hydrogen (secondary N) is 1. The fraction of sp³-hybridized carbons (Fsp3) is 0.448. The zero-order valence-corrected chi connectivity index (χ0v) is 21.0. The second-order valence-corrected chi connectivity index (χ2v) is 10.7. The first-order chi connectivity index (χ1) is 17.2. The standard InChI is InChI=1S/C29H34N2O5/c1-4-14-30-25(32)20-7-5-19(6-8-20)21-9-10-24-23(16-21)18-35-26(36-24)22-11-15-31(27(33)34)29(3,17-22)28(2)12-13-28/h4-10,16,22,26H,1,11-15,17-18H2,2-3H3,(H,30,32)(H,33,34). The van der Waals surface area contributed by atoms with Gasteiger partial charge >= 0.3 is 6.09 Å². The highest BCUT2D eigenvalue weighted by molar-refractivity contribution is 5.94. The van der Waals surface area contributed by atoms with Crippen molar-refractivity contribution >= 4 is 12.0 Å². The number of piperidine rings is 1. The first-order valence-electron chi connectivity index (χ1n) is 12.7. The van der Waals surface area contributed by atoms with Gasteiger partial charge in [-0.2, -0.15) is 0 Å². The van der Waals surface area contributed by atoms with E-state index < -0.39 is 11.6 Å². The van der Waals surface area contributed by atoms with Gasteiger partial charge in [0.15, 0.2) is 0 Å². The Labute approximate surface area is 212 Å². The van der Waals surface area contributed by atoms with E-state index >= 15 is 0 Å². The highest BCUT2D eigenvalue weighted by atomic mass is 16.7. The predicted octanol–water partition coefficient (Wildman–Crippen LogP) is 5.45. The number of carbonyl (C=O) groups excluding carboxylic acids is 1. The highest BCUT2D eigenvalue weighted by Gasteiger charge is 2.60. The molecule has 2 heterocycles. The summed E-state index contributed by atoms with van der Waals surface area (Å²) in [4.78, 5) is 25.8. The molecule has 0 bridgehead atoms. The Bertz CT molecular complexity index is 1170. The maximum atomic E-state index is 12.1. The monoisotopic (exact) mass is 490 g/mol. The third-order valence-corrected chi connectivity index (χ3v) is 8.49. The molecule has 2 N–H and O–H groups in total. The van der Waals surface area contributed by atoms with Crippen LogP contribution in [0.4, 0.5) is 4.79 Å². The fourth-order valence-corrected chi connectivity index (χ4v) is 5.73. The van der Waals surface area contributed by atoms with Crippen LogP contribution in [0.2, 0.25) is 0 Å². The molecule has 2 fully saturated rings. The molecule has 7 nitrogen and oxygen atoms in total. The van der Waals surface area contributed by atoms with E-state index in [1.165, 1.54) is 0 Å². The Balaban J connectivity index is 1.28. The lowest BCUT2D eigenvalue weighted by molar-refractivity contribution is -0.163. The van der Waals surface area contributed by atoms with Crippen LogP contribution < -0.4 is 10.1 Å². The van der Waals surface area contributed by atoms with E-state index in [0.717, 1.165) is 48.1 Å². The minimum absolute atomic E-state index is 0.0212. The zero-order valence-electron chi connectivity index (χ0n) is 21.0. The van der Waals surface area contributed by atoms with Crippen LogP contribution >= 0.6 is 0 Å². The third kappa shape index (κ3) is 4.37. The van der Waals surface area contributed by atoms with Crippen molar-refractivity contribution in [3.63, 3.8) is 0 Å². The minimum Gasteiger partial charge on any atom is -0.465 e. The number of ether oxygens (including phenoxy) is 2. The molecular formula is C29H34N2O5. The number of carbonyl (C=O) groups is 2. The first kappa shape index (κ1) is 24.4. The zero-order chi connectivity index (χ0) is 25.5. The average molecular weight is 491 g/mol. The Kier molecular flexibility index (Phi) is 6.29. The summed E-state index contributed by atoms with van der Waals surface area (Å²) in [5.41, 5.74) is 3.24. The number of nitrogens with zero attached hydrogens (tertiary/aromatic N) is 1. The van der Waals surface area contributed by atoms with Gasteiger partial charge in [-0.3, -0.25) is 4.79 Å². The minimum atomic E-state index is -0.835. The van der Waals surface area contributed by atoms with E-state index in [1.54, 1.807) is 11.0 Å². The summed E-state index contributed by atoms with van der Waals surface area (Å²) in [6, 6.07) is 13.6. The number of likely N-dealkylation sites (tertiary alicyclic amines) is 1. The summed E-state index contributed by atoms with van der Waals surface area (Å²) >= 11 is 0. The van der Waals surface area contributed by atoms with E-state index in [9.17, 15) is 14.7 Å². The number of carboxylic acid groups (broad SMARTS) is 1. The van der Waals surface area contributed by atoms with Crippen LogP contribution in [-0.2, 0) is 11.3 Å². The van der Waals surface area contributed by atoms with Crippen molar-refractivity contribution in [3.8, 4) is 16.9 Å². The van der Waals surface area contributed by atoms with Crippen LogP contribution in [0, 0.1) is 11.3 Å². The van der Waals surface area contributed by atoms with Crippen molar-refractivity contribution in [1.82, 2.24) is 10.2 Å². The van der Waals surface area contributed by atoms with E-state index in [1.807, 2.05) is 36.4 Å². The molecule has 2 amide bonds. The van der Waals surface area contributed by atoms with Gasteiger partial charge in [0.1, 0.15) is 5.75 Å². The van der Waals surface area contributed by atoms with Crippen LogP contribution in [0.3, 0.4) is 0 Å². The van der Waals surface area contributed by atoms with Crippen LogP contribution in [0.15, 0.2) is 55.1 Å². The Morgan fingerprint density at radius 2 is 1.89 bits per heavy atom. The van der Waals surface area contributed by atoms with Crippen LogP contribution in [0.25, 0.3) is 11.1 Å². The maximum Gasteiger partial charge on any atom is 0.407 e. The molecule has 2 aromatic carbocycles. The first-order valence-corrected chi connectivity index (χ1v) is 12.7. The summed E-state index contributed by atoms with van der Waals surface area (Å²) in [5, 5.41) is 12.6. The molecule has 0 radical (unpaired) electrons. The van der Waals surface area contributed by atoms with Gasteiger partial charge in [0.2, 0.25) is 6.29 Å². The van der Waals surface area contributed by atoms with Gasteiger partial charge in [-0.15, -0.1) is 6.58 Å². The summed E-state index contributed by atoms with van der Waals surface area (Å²) < 4.78 is 12.5. The molecular weight excluding hydrogens is 456 g/mol. The van der Waals surface area contributed by atoms with Gasteiger partial charge < -0.3 is 24.8 Å². The third-order valence-electron chi connectivity index (χ3n) is 8.49. The fourth-order valence-electron chi connectivity index (χ4n) is 5.73. The lowest BCUT2D eigenvalue weighted by atomic mass is 9.71. The second-order valence-electron chi connectivity index (χ2n) is 10.7. The largest absolute Gasteiger partial charge is 0.465 e. The van der Waals surface area contributed by atoms with Gasteiger partial charge in [0.05, 0.1) is 6.61 Å². The smallest absolute Gasteiger partial charge is 0.407 e. The summed E-state index contributed by atoms with van der Waals surface area (Å²) in [6.45, 7) is 9.29. The molecule has 36 heavy (non-hydrogen) atoms. The molecule has 3 unspecified atom stereocenters. The summed E-state index contributed by atoms with van der Waals surface area (Å²) in [7, 11) is 0. The Morgan fingerprint density at radius 3 is 2.56 bits per heavy atom. The molecule has 0 aromatic heterocycles. The topological polar surface area (TPSA) is 88.1 Å². The maximum absolute atomic E-state index is 12.1. The quantitative estimate of drug-likeness (QED) is 0.526. The summed E-state index contributed by atoms with van der Waals surface area (Å²) in [6.07, 6.45) is 4.01. The lowest BCUT2D eigenvalue weighted by Gasteiger charge is -2.51. The van der Waals surface area contributed by atoms with Crippen molar-refractivity contribution in [2.45, 2.75) is 58.0 Å². The van der Waals surface area contributed by atoms with E-state index in [-0.39, 0.29) is 23.5 Å². The molecule has 3 atom stereocenters. The normalized spacial score (nSPS) is 26.3. The second kappa shape index (κ2) is 9.28. The van der Waals surface area contributed by atoms with Gasteiger partial charge in [-0.25, -0.2) is 4.79 Å². The number of hydrogen-bond donors (Lipinski definition) is 2. The van der Waals surface area contributed by atoms with E-state index in [2.05, 4.69) is 31.8 Å².